The maximum absolute atomic E-state index is 12.8. The van der Waals surface area contributed by atoms with Crippen LogP contribution in [-0.4, -0.2) is 4.98 Å². The molecule has 112 valence electrons. The number of aromatic nitrogens is 1. The number of nitrogens with zero attached hydrogens (tertiary/aromatic N) is 1. The Morgan fingerprint density at radius 3 is 2.59 bits per heavy atom. The number of pyridine rings is 1. The van der Waals surface area contributed by atoms with Gasteiger partial charge in [-0.3, -0.25) is 4.98 Å². The van der Waals surface area contributed by atoms with Gasteiger partial charge >= 0.3 is 6.18 Å². The quantitative estimate of drug-likeness (QED) is 0.681. The van der Waals surface area contributed by atoms with Crippen molar-refractivity contribution >= 4 is 28.0 Å². The topological polar surface area (TPSA) is 50.9 Å². The van der Waals surface area contributed by atoms with Crippen LogP contribution in [0, 0.1) is 0 Å². The van der Waals surface area contributed by atoms with E-state index in [9.17, 15) is 13.2 Å². The first kappa shape index (κ1) is 14.2. The average molecular weight is 303 g/mol. The van der Waals surface area contributed by atoms with Crippen molar-refractivity contribution in [2.24, 2.45) is 0 Å². The molecule has 0 saturated carbocycles. The lowest BCUT2D eigenvalue weighted by atomic mass is 10.1. The monoisotopic (exact) mass is 303 g/mol. The van der Waals surface area contributed by atoms with Gasteiger partial charge in [0.2, 0.25) is 0 Å². The fourth-order valence-corrected chi connectivity index (χ4v) is 2.20. The molecule has 22 heavy (non-hydrogen) atoms. The molecule has 3 nitrogen and oxygen atoms in total. The Morgan fingerprint density at radius 1 is 1.00 bits per heavy atom. The van der Waals surface area contributed by atoms with Gasteiger partial charge in [0.15, 0.2) is 0 Å². The SMILES string of the molecule is Nc1ccc2nccc(Nc3cccc(C(F)(F)F)c3)c2c1. The van der Waals surface area contributed by atoms with Crippen LogP contribution in [0.4, 0.5) is 30.2 Å². The highest BCUT2D eigenvalue weighted by Gasteiger charge is 2.30. The number of benzene rings is 2. The van der Waals surface area contributed by atoms with Crippen molar-refractivity contribution in [3.05, 3.63) is 60.3 Å². The second-order valence-corrected chi connectivity index (χ2v) is 4.84. The third-order valence-electron chi connectivity index (χ3n) is 3.23. The third-order valence-corrected chi connectivity index (χ3v) is 3.23. The van der Waals surface area contributed by atoms with Gasteiger partial charge in [-0.25, -0.2) is 0 Å². The van der Waals surface area contributed by atoms with Gasteiger partial charge in [-0.2, -0.15) is 13.2 Å². The molecular formula is C16H12F3N3. The number of hydrogen-bond acceptors (Lipinski definition) is 3. The number of anilines is 3. The number of hydrogen-bond donors (Lipinski definition) is 2. The lowest BCUT2D eigenvalue weighted by Gasteiger charge is -2.12. The largest absolute Gasteiger partial charge is 0.416 e. The number of alkyl halides is 3. The van der Waals surface area contributed by atoms with E-state index in [2.05, 4.69) is 10.3 Å². The van der Waals surface area contributed by atoms with E-state index < -0.39 is 11.7 Å². The van der Waals surface area contributed by atoms with Gasteiger partial charge in [-0.05, 0) is 42.5 Å². The summed E-state index contributed by atoms with van der Waals surface area (Å²) >= 11 is 0. The second-order valence-electron chi connectivity index (χ2n) is 4.84. The van der Waals surface area contributed by atoms with Gasteiger partial charge in [0.05, 0.1) is 11.1 Å². The number of nitrogens with two attached hydrogens (primary N) is 1. The van der Waals surface area contributed by atoms with Crippen LogP contribution in [0.25, 0.3) is 10.9 Å². The first-order chi connectivity index (χ1) is 10.4. The standard InChI is InChI=1S/C16H12F3N3/c17-16(18,19)10-2-1-3-12(8-10)22-15-6-7-21-14-5-4-11(20)9-13(14)15/h1-9H,20H2,(H,21,22). The molecule has 0 aliphatic heterocycles. The van der Waals surface area contributed by atoms with Gasteiger partial charge in [-0.1, -0.05) is 6.07 Å². The molecule has 1 heterocycles. The first-order valence-corrected chi connectivity index (χ1v) is 6.52. The third kappa shape index (κ3) is 2.81. The average Bonchev–Trinajstić information content (AvgIpc) is 2.47. The highest BCUT2D eigenvalue weighted by Crippen LogP contribution is 2.32. The molecule has 0 amide bonds. The van der Waals surface area contributed by atoms with Gasteiger partial charge < -0.3 is 11.1 Å². The lowest BCUT2D eigenvalue weighted by molar-refractivity contribution is -0.137. The molecule has 0 saturated heterocycles. The molecule has 0 unspecified atom stereocenters. The minimum Gasteiger partial charge on any atom is -0.399 e. The molecule has 2 aromatic carbocycles. The van der Waals surface area contributed by atoms with Crippen LogP contribution in [0.3, 0.4) is 0 Å². The lowest BCUT2D eigenvalue weighted by Crippen LogP contribution is -2.05. The van der Waals surface area contributed by atoms with Crippen molar-refractivity contribution in [1.29, 1.82) is 0 Å². The normalized spacial score (nSPS) is 11.6. The smallest absolute Gasteiger partial charge is 0.399 e. The Labute approximate surface area is 124 Å². The van der Waals surface area contributed by atoms with Crippen molar-refractivity contribution in [2.45, 2.75) is 6.18 Å². The van der Waals surface area contributed by atoms with E-state index in [4.69, 9.17) is 5.73 Å². The second kappa shape index (κ2) is 5.22. The maximum Gasteiger partial charge on any atom is 0.416 e. The number of nitrogens with one attached hydrogen (secondary N) is 1. The van der Waals surface area contributed by atoms with Gasteiger partial charge in [-0.15, -0.1) is 0 Å². The fraction of sp³-hybridized carbons (Fsp3) is 0.0625. The van der Waals surface area contributed by atoms with Crippen LogP contribution < -0.4 is 11.1 Å². The van der Waals surface area contributed by atoms with Crippen molar-refractivity contribution in [1.82, 2.24) is 4.98 Å². The van der Waals surface area contributed by atoms with Crippen molar-refractivity contribution < 1.29 is 13.2 Å². The highest BCUT2D eigenvalue weighted by molar-refractivity contribution is 5.94. The molecule has 0 spiro atoms. The van der Waals surface area contributed by atoms with E-state index >= 15 is 0 Å². The van der Waals surface area contributed by atoms with E-state index in [1.165, 1.54) is 6.07 Å². The minimum atomic E-state index is -4.37. The zero-order valence-electron chi connectivity index (χ0n) is 11.4. The molecule has 0 radical (unpaired) electrons. The Hall–Kier alpha value is -2.76. The molecule has 3 aromatic rings. The Morgan fingerprint density at radius 2 is 1.82 bits per heavy atom. The van der Waals surface area contributed by atoms with E-state index in [0.717, 1.165) is 17.5 Å². The molecule has 0 bridgehead atoms. The molecule has 6 heteroatoms. The van der Waals surface area contributed by atoms with Crippen LogP contribution in [-0.2, 0) is 6.18 Å². The van der Waals surface area contributed by atoms with Crippen LogP contribution in [0.5, 0.6) is 0 Å². The summed E-state index contributed by atoms with van der Waals surface area (Å²) in [6.45, 7) is 0. The summed E-state index contributed by atoms with van der Waals surface area (Å²) < 4.78 is 38.3. The van der Waals surface area contributed by atoms with E-state index in [1.54, 1.807) is 36.5 Å². The van der Waals surface area contributed by atoms with Crippen LogP contribution in [0.1, 0.15) is 5.56 Å². The fourth-order valence-electron chi connectivity index (χ4n) is 2.20. The number of halogens is 3. The predicted octanol–water partition coefficient (Wildman–Crippen LogP) is 4.58. The summed E-state index contributed by atoms with van der Waals surface area (Å²) in [6, 6.07) is 12.0. The van der Waals surface area contributed by atoms with E-state index in [-0.39, 0.29) is 0 Å². The zero-order chi connectivity index (χ0) is 15.7. The van der Waals surface area contributed by atoms with Crippen LogP contribution >= 0.6 is 0 Å². The van der Waals surface area contributed by atoms with Crippen molar-refractivity contribution in [2.75, 3.05) is 11.1 Å². The van der Waals surface area contributed by atoms with Gasteiger partial charge in [0.1, 0.15) is 0 Å². The van der Waals surface area contributed by atoms with Crippen molar-refractivity contribution in [3.63, 3.8) is 0 Å². The molecule has 3 N–H and O–H groups in total. The molecule has 0 aliphatic carbocycles. The number of fused-ring (bicyclic) bond motifs is 1. The molecule has 0 aliphatic rings. The molecule has 1 aromatic heterocycles. The van der Waals surface area contributed by atoms with Crippen LogP contribution in [0.15, 0.2) is 54.7 Å². The van der Waals surface area contributed by atoms with Crippen LogP contribution in [0.2, 0.25) is 0 Å². The summed E-state index contributed by atoms with van der Waals surface area (Å²) in [7, 11) is 0. The molecule has 3 rings (SSSR count). The summed E-state index contributed by atoms with van der Waals surface area (Å²) in [6.07, 6.45) is -2.78. The van der Waals surface area contributed by atoms with E-state index in [1.807, 2.05) is 0 Å². The summed E-state index contributed by atoms with van der Waals surface area (Å²) in [5.74, 6) is 0. The minimum absolute atomic E-state index is 0.352. The maximum atomic E-state index is 12.8. The van der Waals surface area contributed by atoms with Gasteiger partial charge in [0, 0.05) is 28.6 Å². The number of rotatable bonds is 2. The Bertz CT molecular complexity index is 828. The highest BCUT2D eigenvalue weighted by atomic mass is 19.4. The molecular weight excluding hydrogens is 291 g/mol. The summed E-state index contributed by atoms with van der Waals surface area (Å²) in [5.41, 5.74) is 7.34. The molecule has 0 fully saturated rings. The predicted molar refractivity (Wildman–Crippen MR) is 80.9 cm³/mol. The van der Waals surface area contributed by atoms with Crippen molar-refractivity contribution in [3.8, 4) is 0 Å². The Balaban J connectivity index is 2.02. The Kier molecular flexibility index (Phi) is 3.36. The first-order valence-electron chi connectivity index (χ1n) is 6.52. The summed E-state index contributed by atoms with van der Waals surface area (Å²) in [5, 5.41) is 3.74. The summed E-state index contributed by atoms with van der Waals surface area (Å²) in [4.78, 5) is 4.21. The van der Waals surface area contributed by atoms with Gasteiger partial charge in [0.25, 0.3) is 0 Å². The molecule has 0 atom stereocenters. The number of nitrogen functional groups attached to an aromatic ring is 1. The zero-order valence-corrected chi connectivity index (χ0v) is 11.4. The van der Waals surface area contributed by atoms with E-state index in [0.29, 0.717) is 22.6 Å².